The molecule has 0 saturated carbocycles. The number of hydrogen-bond donors (Lipinski definition) is 1. The molecule has 2 heterocycles. The largest absolute Gasteiger partial charge is 0.338 e. The lowest BCUT2D eigenvalue weighted by Gasteiger charge is -1.91. The second-order valence-corrected chi connectivity index (χ2v) is 2.92. The molecule has 0 fully saturated rings. The van der Waals surface area contributed by atoms with Gasteiger partial charge in [0.1, 0.15) is 5.65 Å². The highest BCUT2D eigenvalue weighted by Gasteiger charge is 2.11. The van der Waals surface area contributed by atoms with Crippen LogP contribution >= 0.6 is 0 Å². The molecule has 1 N–H and O–H groups in total. The molecule has 2 aromatic rings. The van der Waals surface area contributed by atoms with Gasteiger partial charge in [-0.1, -0.05) is 0 Å². The standard InChI is InChI=1S/C9H8F2N2/c1-5-2-3-12-9-6(5)4-7(13-9)8(10)11/h2-4,8H,1H3,(H,12,13). The van der Waals surface area contributed by atoms with E-state index < -0.39 is 6.43 Å². The molecule has 0 saturated heterocycles. The van der Waals surface area contributed by atoms with Crippen molar-refractivity contribution in [3.8, 4) is 0 Å². The first-order valence-corrected chi connectivity index (χ1v) is 3.91. The quantitative estimate of drug-likeness (QED) is 0.721. The third-order valence-electron chi connectivity index (χ3n) is 2.01. The van der Waals surface area contributed by atoms with E-state index in [4.69, 9.17) is 0 Å². The lowest BCUT2D eigenvalue weighted by molar-refractivity contribution is 0.147. The van der Waals surface area contributed by atoms with Crippen molar-refractivity contribution < 1.29 is 8.78 Å². The second kappa shape index (κ2) is 2.80. The van der Waals surface area contributed by atoms with Gasteiger partial charge in [0.15, 0.2) is 0 Å². The van der Waals surface area contributed by atoms with Crippen LogP contribution in [0.25, 0.3) is 11.0 Å². The van der Waals surface area contributed by atoms with Crippen molar-refractivity contribution in [1.82, 2.24) is 9.97 Å². The highest BCUT2D eigenvalue weighted by molar-refractivity contribution is 5.80. The van der Waals surface area contributed by atoms with Gasteiger partial charge in [0, 0.05) is 11.6 Å². The molecule has 0 aliphatic carbocycles. The molecule has 0 unspecified atom stereocenters. The summed E-state index contributed by atoms with van der Waals surface area (Å²) in [6.45, 7) is 1.87. The van der Waals surface area contributed by atoms with E-state index in [0.717, 1.165) is 10.9 Å². The maximum atomic E-state index is 12.3. The zero-order valence-corrected chi connectivity index (χ0v) is 7.01. The van der Waals surface area contributed by atoms with E-state index in [-0.39, 0.29) is 5.69 Å². The molecule has 4 heteroatoms. The minimum absolute atomic E-state index is 0.0724. The smallest absolute Gasteiger partial charge is 0.278 e. The summed E-state index contributed by atoms with van der Waals surface area (Å²) in [7, 11) is 0. The third-order valence-corrected chi connectivity index (χ3v) is 2.01. The summed E-state index contributed by atoms with van der Waals surface area (Å²) >= 11 is 0. The number of rotatable bonds is 1. The van der Waals surface area contributed by atoms with Crippen LogP contribution in [0.1, 0.15) is 17.7 Å². The van der Waals surface area contributed by atoms with E-state index in [9.17, 15) is 8.78 Å². The Labute approximate surface area is 73.6 Å². The first-order chi connectivity index (χ1) is 6.18. The maximum Gasteiger partial charge on any atom is 0.278 e. The average Bonchev–Trinajstić information content (AvgIpc) is 2.49. The minimum Gasteiger partial charge on any atom is -0.338 e. The molecule has 0 bridgehead atoms. The number of aryl methyl sites for hydroxylation is 1. The van der Waals surface area contributed by atoms with Gasteiger partial charge in [0.2, 0.25) is 0 Å². The lowest BCUT2D eigenvalue weighted by atomic mass is 10.2. The van der Waals surface area contributed by atoms with Gasteiger partial charge in [0.25, 0.3) is 6.43 Å². The van der Waals surface area contributed by atoms with E-state index in [1.807, 2.05) is 6.92 Å². The van der Waals surface area contributed by atoms with Gasteiger partial charge in [0.05, 0.1) is 5.69 Å². The fourth-order valence-corrected chi connectivity index (χ4v) is 1.30. The zero-order chi connectivity index (χ0) is 9.42. The van der Waals surface area contributed by atoms with Crippen molar-refractivity contribution in [2.24, 2.45) is 0 Å². The Hall–Kier alpha value is -1.45. The summed E-state index contributed by atoms with van der Waals surface area (Å²) < 4.78 is 24.6. The molecule has 0 atom stereocenters. The monoisotopic (exact) mass is 182 g/mol. The maximum absolute atomic E-state index is 12.3. The van der Waals surface area contributed by atoms with Crippen molar-refractivity contribution >= 4 is 11.0 Å². The summed E-state index contributed by atoms with van der Waals surface area (Å²) in [4.78, 5) is 6.53. The average molecular weight is 182 g/mol. The summed E-state index contributed by atoms with van der Waals surface area (Å²) in [5, 5.41) is 0.762. The van der Waals surface area contributed by atoms with Crippen LogP contribution in [0.15, 0.2) is 18.3 Å². The summed E-state index contributed by atoms with van der Waals surface area (Å²) in [5.41, 5.74) is 1.40. The molecule has 2 nitrogen and oxygen atoms in total. The number of aromatic amines is 1. The van der Waals surface area contributed by atoms with E-state index in [1.54, 1.807) is 12.3 Å². The number of hydrogen-bond acceptors (Lipinski definition) is 1. The second-order valence-electron chi connectivity index (χ2n) is 2.92. The highest BCUT2D eigenvalue weighted by Crippen LogP contribution is 2.23. The van der Waals surface area contributed by atoms with Gasteiger partial charge < -0.3 is 4.98 Å². The minimum atomic E-state index is -2.46. The molecule has 0 aromatic carbocycles. The summed E-state index contributed by atoms with van der Waals surface area (Å²) in [6, 6.07) is 3.24. The number of aromatic nitrogens is 2. The van der Waals surface area contributed by atoms with Crippen molar-refractivity contribution in [1.29, 1.82) is 0 Å². The Morgan fingerprint density at radius 3 is 2.85 bits per heavy atom. The van der Waals surface area contributed by atoms with Crippen LogP contribution in [0.3, 0.4) is 0 Å². The predicted octanol–water partition coefficient (Wildman–Crippen LogP) is 2.81. The fraction of sp³-hybridized carbons (Fsp3) is 0.222. The topological polar surface area (TPSA) is 28.7 Å². The molecule has 2 rings (SSSR count). The van der Waals surface area contributed by atoms with Gasteiger partial charge in [-0.2, -0.15) is 0 Å². The Kier molecular flexibility index (Phi) is 1.76. The number of alkyl halides is 2. The Bertz CT molecular complexity index is 434. The number of pyridine rings is 1. The Morgan fingerprint density at radius 2 is 2.23 bits per heavy atom. The van der Waals surface area contributed by atoms with E-state index in [1.165, 1.54) is 6.07 Å². The first kappa shape index (κ1) is 8.16. The summed E-state index contributed by atoms with van der Waals surface area (Å²) in [5.74, 6) is 0. The van der Waals surface area contributed by atoms with Gasteiger partial charge in [-0.15, -0.1) is 0 Å². The molecule has 0 spiro atoms. The van der Waals surface area contributed by atoms with Crippen LogP contribution in [0.5, 0.6) is 0 Å². The molecule has 68 valence electrons. The number of nitrogens with one attached hydrogen (secondary N) is 1. The van der Waals surface area contributed by atoms with Gasteiger partial charge in [-0.3, -0.25) is 0 Å². The van der Waals surface area contributed by atoms with Crippen LogP contribution in [-0.2, 0) is 0 Å². The Morgan fingerprint density at radius 1 is 1.46 bits per heavy atom. The van der Waals surface area contributed by atoms with Crippen molar-refractivity contribution in [3.63, 3.8) is 0 Å². The third kappa shape index (κ3) is 1.28. The SMILES string of the molecule is Cc1ccnc2[nH]c(C(F)F)cc12. The first-order valence-electron chi connectivity index (χ1n) is 3.91. The lowest BCUT2D eigenvalue weighted by Crippen LogP contribution is -1.81. The fourth-order valence-electron chi connectivity index (χ4n) is 1.30. The van der Waals surface area contributed by atoms with Crippen molar-refractivity contribution in [2.75, 3.05) is 0 Å². The van der Waals surface area contributed by atoms with Crippen molar-refractivity contribution in [2.45, 2.75) is 13.3 Å². The molecule has 13 heavy (non-hydrogen) atoms. The molecule has 2 aromatic heterocycles. The molecular weight excluding hydrogens is 174 g/mol. The Balaban J connectivity index is 2.68. The number of halogens is 2. The highest BCUT2D eigenvalue weighted by atomic mass is 19.3. The van der Waals surface area contributed by atoms with E-state index in [2.05, 4.69) is 9.97 Å². The van der Waals surface area contributed by atoms with E-state index >= 15 is 0 Å². The van der Waals surface area contributed by atoms with Crippen LogP contribution in [0, 0.1) is 6.92 Å². The van der Waals surface area contributed by atoms with Gasteiger partial charge >= 0.3 is 0 Å². The van der Waals surface area contributed by atoms with Crippen LogP contribution in [-0.4, -0.2) is 9.97 Å². The van der Waals surface area contributed by atoms with E-state index in [0.29, 0.717) is 5.65 Å². The van der Waals surface area contributed by atoms with Crippen LogP contribution in [0.2, 0.25) is 0 Å². The zero-order valence-electron chi connectivity index (χ0n) is 7.01. The number of nitrogens with zero attached hydrogens (tertiary/aromatic N) is 1. The van der Waals surface area contributed by atoms with Gasteiger partial charge in [-0.05, 0) is 24.6 Å². The van der Waals surface area contributed by atoms with Gasteiger partial charge in [-0.25, -0.2) is 13.8 Å². The molecular formula is C9H8F2N2. The molecule has 0 radical (unpaired) electrons. The molecule has 0 aliphatic heterocycles. The molecule has 0 amide bonds. The number of H-pyrrole nitrogens is 1. The van der Waals surface area contributed by atoms with Crippen molar-refractivity contribution in [3.05, 3.63) is 29.6 Å². The summed E-state index contributed by atoms with van der Waals surface area (Å²) in [6.07, 6.45) is -0.864. The van der Waals surface area contributed by atoms with Crippen LogP contribution in [0.4, 0.5) is 8.78 Å². The normalized spacial score (nSPS) is 11.4. The number of fused-ring (bicyclic) bond motifs is 1. The predicted molar refractivity (Wildman–Crippen MR) is 45.8 cm³/mol. The molecule has 0 aliphatic rings. The van der Waals surface area contributed by atoms with Crippen LogP contribution < -0.4 is 0 Å².